The molecule has 2 saturated heterocycles. The Morgan fingerprint density at radius 2 is 1.94 bits per heavy atom. The number of piperidine rings is 1. The van der Waals surface area contributed by atoms with Crippen molar-refractivity contribution in [3.8, 4) is 0 Å². The van der Waals surface area contributed by atoms with Gasteiger partial charge in [-0.05, 0) is 56.8 Å². The highest BCUT2D eigenvalue weighted by Gasteiger charge is 2.41. The highest BCUT2D eigenvalue weighted by Crippen LogP contribution is 2.29. The number of hydrogen-bond acceptors (Lipinski definition) is 7. The van der Waals surface area contributed by atoms with E-state index in [4.69, 9.17) is 32.8 Å². The number of hydrogen-bond donors (Lipinski definition) is 0. The fourth-order valence-electron chi connectivity index (χ4n) is 4.62. The molecule has 2 fully saturated rings. The van der Waals surface area contributed by atoms with Gasteiger partial charge in [-0.2, -0.15) is 0 Å². The number of hydroxylamine groups is 2. The zero-order chi connectivity index (χ0) is 22.8. The first-order valence-electron chi connectivity index (χ1n) is 11.0. The van der Waals surface area contributed by atoms with E-state index >= 15 is 0 Å². The average molecular weight is 481 g/mol. The molecule has 0 N–H and O–H groups in total. The van der Waals surface area contributed by atoms with E-state index in [1.54, 1.807) is 18.2 Å². The first kappa shape index (κ1) is 23.2. The molecule has 32 heavy (non-hydrogen) atoms. The molecule has 0 amide bonds. The number of nitrogens with zero attached hydrogens (tertiary/aromatic N) is 2. The lowest BCUT2D eigenvalue weighted by Crippen LogP contribution is -2.50. The van der Waals surface area contributed by atoms with E-state index in [0.29, 0.717) is 35.1 Å². The molecule has 3 aliphatic heterocycles. The van der Waals surface area contributed by atoms with Gasteiger partial charge in [0.2, 0.25) is 0 Å². The molecule has 0 aliphatic carbocycles. The van der Waals surface area contributed by atoms with Gasteiger partial charge in [0.05, 0.1) is 15.6 Å². The first-order chi connectivity index (χ1) is 15.3. The minimum Gasteiger partial charge on any atom is -0.440 e. The Morgan fingerprint density at radius 1 is 1.12 bits per heavy atom. The van der Waals surface area contributed by atoms with Gasteiger partial charge in [0.15, 0.2) is 12.0 Å². The maximum Gasteiger partial charge on any atom is 0.355 e. The number of fused-ring (bicyclic) bond motifs is 1. The quantitative estimate of drug-likeness (QED) is 0.594. The molecule has 0 radical (unpaired) electrons. The topological polar surface area (TPSA) is 76.2 Å². The van der Waals surface area contributed by atoms with Crippen molar-refractivity contribution in [1.82, 2.24) is 9.96 Å². The first-order valence-corrected chi connectivity index (χ1v) is 11.7. The van der Waals surface area contributed by atoms with Crippen LogP contribution in [0.15, 0.2) is 29.8 Å². The molecule has 3 atom stereocenters. The summed E-state index contributed by atoms with van der Waals surface area (Å²) in [6, 6.07) is 4.17. The van der Waals surface area contributed by atoms with Gasteiger partial charge in [-0.25, -0.2) is 9.59 Å². The molecule has 1 aromatic carbocycles. The molecule has 9 heteroatoms. The zero-order valence-corrected chi connectivity index (χ0v) is 19.4. The average Bonchev–Trinajstić information content (AvgIpc) is 3.16. The van der Waals surface area contributed by atoms with Crippen molar-refractivity contribution >= 4 is 40.9 Å². The van der Waals surface area contributed by atoms with Gasteiger partial charge in [0.25, 0.3) is 0 Å². The van der Waals surface area contributed by atoms with Crippen LogP contribution in [-0.4, -0.2) is 59.1 Å². The third kappa shape index (κ3) is 5.01. The van der Waals surface area contributed by atoms with Crippen LogP contribution in [0.2, 0.25) is 10.0 Å². The van der Waals surface area contributed by atoms with Crippen molar-refractivity contribution in [2.75, 3.05) is 13.1 Å². The second-order valence-electron chi connectivity index (χ2n) is 8.53. The number of benzene rings is 1. The zero-order valence-electron chi connectivity index (χ0n) is 17.9. The summed E-state index contributed by atoms with van der Waals surface area (Å²) in [7, 11) is 0. The maximum absolute atomic E-state index is 13.5. The summed E-state index contributed by atoms with van der Waals surface area (Å²) >= 11 is 12.1. The molecule has 3 aliphatic rings. The van der Waals surface area contributed by atoms with Crippen LogP contribution in [0.3, 0.4) is 0 Å². The van der Waals surface area contributed by atoms with Crippen LogP contribution in [0.4, 0.5) is 0 Å². The number of halogens is 2. The highest BCUT2D eigenvalue weighted by atomic mass is 35.5. The van der Waals surface area contributed by atoms with E-state index in [-0.39, 0.29) is 23.8 Å². The lowest BCUT2D eigenvalue weighted by Gasteiger charge is -2.36. The Hall–Kier alpha value is -1.93. The molecule has 0 bridgehead atoms. The van der Waals surface area contributed by atoms with E-state index in [2.05, 4.69) is 0 Å². The summed E-state index contributed by atoms with van der Waals surface area (Å²) in [5, 5.41) is 2.18. The van der Waals surface area contributed by atoms with Crippen LogP contribution in [0, 0.1) is 0 Å². The monoisotopic (exact) mass is 480 g/mol. The number of esters is 1. The maximum atomic E-state index is 13.5. The van der Waals surface area contributed by atoms with Crippen LogP contribution in [0.5, 0.6) is 0 Å². The van der Waals surface area contributed by atoms with Gasteiger partial charge in [0, 0.05) is 31.5 Å². The Kier molecular flexibility index (Phi) is 7.20. The van der Waals surface area contributed by atoms with Crippen LogP contribution >= 0.6 is 23.2 Å². The molecule has 0 saturated carbocycles. The lowest BCUT2D eigenvalue weighted by atomic mass is 9.95. The lowest BCUT2D eigenvalue weighted by molar-refractivity contribution is -0.248. The van der Waals surface area contributed by atoms with Crippen molar-refractivity contribution in [3.63, 3.8) is 0 Å². The number of carbonyl (C=O) groups is 3. The third-order valence-corrected chi connectivity index (χ3v) is 7.00. The van der Waals surface area contributed by atoms with Gasteiger partial charge >= 0.3 is 11.9 Å². The van der Waals surface area contributed by atoms with Gasteiger partial charge in [-0.3, -0.25) is 9.69 Å². The molecular weight excluding hydrogens is 455 g/mol. The van der Waals surface area contributed by atoms with Crippen molar-refractivity contribution in [3.05, 3.63) is 45.5 Å². The molecule has 1 aromatic rings. The summed E-state index contributed by atoms with van der Waals surface area (Å²) in [4.78, 5) is 46.9. The second-order valence-corrected chi connectivity index (χ2v) is 9.34. The highest BCUT2D eigenvalue weighted by molar-refractivity contribution is 6.42. The summed E-state index contributed by atoms with van der Waals surface area (Å²) in [5.41, 5.74) is 0.692. The van der Waals surface area contributed by atoms with Gasteiger partial charge in [-0.15, -0.1) is 0 Å². The van der Waals surface area contributed by atoms with E-state index in [1.807, 2.05) is 11.8 Å². The minimum atomic E-state index is -0.914. The fourth-order valence-corrected chi connectivity index (χ4v) is 4.94. The van der Waals surface area contributed by atoms with E-state index in [0.717, 1.165) is 31.8 Å². The molecular formula is C23H26Cl2N2O5. The van der Waals surface area contributed by atoms with Gasteiger partial charge < -0.3 is 9.57 Å². The third-order valence-electron chi connectivity index (χ3n) is 6.26. The van der Waals surface area contributed by atoms with Crippen molar-refractivity contribution < 1.29 is 24.0 Å². The van der Waals surface area contributed by atoms with E-state index < -0.39 is 24.2 Å². The van der Waals surface area contributed by atoms with E-state index in [9.17, 15) is 14.4 Å². The number of carbonyl (C=O) groups excluding carboxylic acids is 3. The minimum absolute atomic E-state index is 0.0119. The van der Waals surface area contributed by atoms with Crippen LogP contribution in [0.25, 0.3) is 0 Å². The van der Waals surface area contributed by atoms with Crippen LogP contribution < -0.4 is 0 Å². The molecule has 4 rings (SSSR count). The molecule has 3 heterocycles. The Balaban J connectivity index is 1.66. The van der Waals surface area contributed by atoms with E-state index in [1.165, 1.54) is 5.06 Å². The molecule has 0 aromatic heterocycles. The summed E-state index contributed by atoms with van der Waals surface area (Å²) in [5.74, 6) is -1.53. The normalized spacial score (nSPS) is 27.4. The van der Waals surface area contributed by atoms with Crippen molar-refractivity contribution in [2.45, 2.75) is 63.8 Å². The summed E-state index contributed by atoms with van der Waals surface area (Å²) in [6.07, 6.45) is 4.71. The van der Waals surface area contributed by atoms with Crippen LogP contribution in [-0.2, 0) is 30.4 Å². The standard InChI is InChI=1S/C23H26Cl2N2O5/c1-14-5-4-9-26(14)22(19(28)12-15-7-8-17(24)18(25)11-15)16-13-21(29)31-20-6-2-3-10-27(20)32-23(16)30/h7-8,11,13-14,20,22H,2-6,9-10,12H2,1H3/b16-13-. The predicted molar refractivity (Wildman–Crippen MR) is 119 cm³/mol. The smallest absolute Gasteiger partial charge is 0.355 e. The largest absolute Gasteiger partial charge is 0.440 e. The van der Waals surface area contributed by atoms with Crippen LogP contribution in [0.1, 0.15) is 44.6 Å². The van der Waals surface area contributed by atoms with Crippen molar-refractivity contribution in [2.24, 2.45) is 0 Å². The fraction of sp³-hybridized carbons (Fsp3) is 0.522. The number of rotatable bonds is 5. The summed E-state index contributed by atoms with van der Waals surface area (Å²) in [6.45, 7) is 3.14. The van der Waals surface area contributed by atoms with Gasteiger partial charge in [0.1, 0.15) is 6.04 Å². The number of likely N-dealkylation sites (tertiary alicyclic amines) is 1. The number of Topliss-reactive ketones (excluding diaryl/α,β-unsaturated/α-hetero) is 1. The SMILES string of the molecule is CC1CCCN1C(C(=O)Cc1ccc(Cl)c(Cl)c1)/C1=C/C(=O)OC2CCCCN2OC1=O. The van der Waals surface area contributed by atoms with Crippen molar-refractivity contribution in [1.29, 1.82) is 0 Å². The van der Waals surface area contributed by atoms with Gasteiger partial charge in [-0.1, -0.05) is 34.3 Å². The Morgan fingerprint density at radius 3 is 2.66 bits per heavy atom. The molecule has 3 unspecified atom stereocenters. The molecule has 7 nitrogen and oxygen atoms in total. The Bertz CT molecular complexity index is 950. The molecule has 172 valence electrons. The second kappa shape index (κ2) is 9.91. The number of ether oxygens (including phenoxy) is 1. The predicted octanol–water partition coefficient (Wildman–Crippen LogP) is 3.71. The molecule has 0 spiro atoms. The Labute approximate surface area is 197 Å². The summed E-state index contributed by atoms with van der Waals surface area (Å²) < 4.78 is 5.51. The number of ketones is 1.